The molecule has 1 saturated heterocycles. The number of nitrogens with zero attached hydrogens (tertiary/aromatic N) is 4. The molecule has 0 bridgehead atoms. The largest absolute Gasteiger partial charge is 0.367 e. The number of hydrogen-bond acceptors (Lipinski definition) is 6. The summed E-state index contributed by atoms with van der Waals surface area (Å²) in [4.78, 5) is 11.0. The minimum atomic E-state index is -0.136. The first-order valence-corrected chi connectivity index (χ1v) is 8.96. The maximum Gasteiger partial charge on any atom is 0.227 e. The lowest BCUT2D eigenvalue weighted by Crippen LogP contribution is -2.38. The van der Waals surface area contributed by atoms with Gasteiger partial charge in [0.05, 0.1) is 6.61 Å². The zero-order valence-electron chi connectivity index (χ0n) is 14.6. The van der Waals surface area contributed by atoms with Gasteiger partial charge in [-0.3, -0.25) is 9.88 Å². The van der Waals surface area contributed by atoms with E-state index in [9.17, 15) is 0 Å². The second-order valence-electron chi connectivity index (χ2n) is 6.49. The van der Waals surface area contributed by atoms with Gasteiger partial charge in [0.15, 0.2) is 0 Å². The molecule has 6 heteroatoms. The highest BCUT2D eigenvalue weighted by Crippen LogP contribution is 2.21. The molecule has 1 aliphatic rings. The summed E-state index contributed by atoms with van der Waals surface area (Å²) in [5, 5.41) is 4.14. The molecule has 6 nitrogen and oxygen atoms in total. The van der Waals surface area contributed by atoms with Crippen molar-refractivity contribution in [1.82, 2.24) is 20.0 Å². The summed E-state index contributed by atoms with van der Waals surface area (Å²) in [7, 11) is 0. The molecule has 3 aromatic rings. The highest BCUT2D eigenvalue weighted by Gasteiger charge is 2.26. The first-order chi connectivity index (χ1) is 12.9. The first kappa shape index (κ1) is 16.9. The van der Waals surface area contributed by atoms with Gasteiger partial charge in [0, 0.05) is 38.4 Å². The molecule has 0 spiro atoms. The molecular formula is C20H22N4O2. The third kappa shape index (κ3) is 4.33. The maximum atomic E-state index is 5.87. The molecule has 26 heavy (non-hydrogen) atoms. The molecule has 1 unspecified atom stereocenters. The molecule has 3 heterocycles. The maximum absolute atomic E-state index is 5.87. The standard InChI is InChI=1S/C20H22N4O2/c1-2-5-17(6-3-1)14-24-11-12-25-18(15-24)20-22-19(26-23-20)9-8-16-7-4-10-21-13-16/h1-7,10,13,18H,8-9,11-12,14-15H2. The highest BCUT2D eigenvalue weighted by atomic mass is 16.5. The summed E-state index contributed by atoms with van der Waals surface area (Å²) >= 11 is 0. The Bertz CT molecular complexity index is 807. The number of aromatic nitrogens is 3. The summed E-state index contributed by atoms with van der Waals surface area (Å²) < 4.78 is 11.3. The Hall–Kier alpha value is -2.57. The molecule has 1 aromatic carbocycles. The molecule has 0 aliphatic carbocycles. The zero-order chi connectivity index (χ0) is 17.6. The van der Waals surface area contributed by atoms with Gasteiger partial charge in [-0.2, -0.15) is 4.98 Å². The Labute approximate surface area is 152 Å². The average Bonchev–Trinajstić information content (AvgIpc) is 3.17. The van der Waals surface area contributed by atoms with Gasteiger partial charge >= 0.3 is 0 Å². The van der Waals surface area contributed by atoms with E-state index in [4.69, 9.17) is 9.26 Å². The SMILES string of the molecule is c1ccc(CN2CCOC(c3noc(CCc4cccnc4)n3)C2)cc1. The van der Waals surface area contributed by atoms with Crippen LogP contribution in [0.5, 0.6) is 0 Å². The van der Waals surface area contributed by atoms with E-state index in [2.05, 4.69) is 50.4 Å². The van der Waals surface area contributed by atoms with Crippen LogP contribution in [0, 0.1) is 0 Å². The molecule has 1 aliphatic heterocycles. The third-order valence-corrected chi connectivity index (χ3v) is 4.52. The summed E-state index contributed by atoms with van der Waals surface area (Å²) in [5.41, 5.74) is 2.47. The number of aryl methyl sites for hydroxylation is 2. The van der Waals surface area contributed by atoms with Crippen molar-refractivity contribution in [2.24, 2.45) is 0 Å². The van der Waals surface area contributed by atoms with Gasteiger partial charge < -0.3 is 9.26 Å². The predicted molar refractivity (Wildman–Crippen MR) is 96.4 cm³/mol. The van der Waals surface area contributed by atoms with E-state index in [0.717, 1.165) is 31.6 Å². The summed E-state index contributed by atoms with van der Waals surface area (Å²) in [6.07, 6.45) is 5.04. The van der Waals surface area contributed by atoms with E-state index in [1.54, 1.807) is 6.20 Å². The Morgan fingerprint density at radius 3 is 2.77 bits per heavy atom. The van der Waals surface area contributed by atoms with E-state index >= 15 is 0 Å². The van der Waals surface area contributed by atoms with E-state index < -0.39 is 0 Å². The lowest BCUT2D eigenvalue weighted by atomic mass is 10.1. The number of hydrogen-bond donors (Lipinski definition) is 0. The fourth-order valence-corrected chi connectivity index (χ4v) is 3.14. The normalized spacial score (nSPS) is 18.1. The molecule has 134 valence electrons. The number of rotatable bonds is 6. The molecule has 0 amide bonds. The van der Waals surface area contributed by atoms with Crippen molar-refractivity contribution < 1.29 is 9.26 Å². The van der Waals surface area contributed by atoms with E-state index in [1.165, 1.54) is 5.56 Å². The monoisotopic (exact) mass is 350 g/mol. The van der Waals surface area contributed by atoms with Crippen LogP contribution in [-0.2, 0) is 24.1 Å². The van der Waals surface area contributed by atoms with E-state index in [-0.39, 0.29) is 6.10 Å². The van der Waals surface area contributed by atoms with Crippen molar-refractivity contribution in [3.63, 3.8) is 0 Å². The van der Waals surface area contributed by atoms with Gasteiger partial charge in [-0.1, -0.05) is 41.6 Å². The molecular weight excluding hydrogens is 328 g/mol. The van der Waals surface area contributed by atoms with Gasteiger partial charge in [0.25, 0.3) is 0 Å². The van der Waals surface area contributed by atoms with E-state index in [0.29, 0.717) is 24.7 Å². The van der Waals surface area contributed by atoms with Crippen molar-refractivity contribution in [2.75, 3.05) is 19.7 Å². The van der Waals surface area contributed by atoms with E-state index in [1.807, 2.05) is 18.3 Å². The molecule has 1 atom stereocenters. The van der Waals surface area contributed by atoms with Crippen molar-refractivity contribution in [2.45, 2.75) is 25.5 Å². The topological polar surface area (TPSA) is 64.3 Å². The van der Waals surface area contributed by atoms with Crippen LogP contribution in [0.4, 0.5) is 0 Å². The minimum Gasteiger partial charge on any atom is -0.367 e. The summed E-state index contributed by atoms with van der Waals surface area (Å²) in [6.45, 7) is 3.27. The quantitative estimate of drug-likeness (QED) is 0.681. The van der Waals surface area contributed by atoms with Gasteiger partial charge in [-0.05, 0) is 23.6 Å². The Morgan fingerprint density at radius 1 is 1.04 bits per heavy atom. The molecule has 1 fully saturated rings. The molecule has 0 saturated carbocycles. The second kappa shape index (κ2) is 8.21. The number of pyridine rings is 1. The van der Waals surface area contributed by atoms with Crippen molar-refractivity contribution in [1.29, 1.82) is 0 Å². The highest BCUT2D eigenvalue weighted by molar-refractivity contribution is 5.14. The number of benzene rings is 1. The zero-order valence-corrected chi connectivity index (χ0v) is 14.6. The fourth-order valence-electron chi connectivity index (χ4n) is 3.14. The van der Waals surface area contributed by atoms with Crippen LogP contribution in [0.1, 0.15) is 28.9 Å². The Kier molecular flexibility index (Phi) is 5.33. The molecule has 0 N–H and O–H groups in total. The fraction of sp³-hybridized carbons (Fsp3) is 0.350. The number of ether oxygens (including phenoxy) is 1. The molecule has 4 rings (SSSR count). The lowest BCUT2D eigenvalue weighted by molar-refractivity contribution is -0.0380. The average molecular weight is 350 g/mol. The minimum absolute atomic E-state index is 0.136. The van der Waals surface area contributed by atoms with Crippen LogP contribution >= 0.6 is 0 Å². The Morgan fingerprint density at radius 2 is 1.92 bits per heavy atom. The van der Waals surface area contributed by atoms with Crippen LogP contribution in [0.15, 0.2) is 59.4 Å². The van der Waals surface area contributed by atoms with Crippen LogP contribution in [0.25, 0.3) is 0 Å². The van der Waals surface area contributed by atoms with Crippen molar-refractivity contribution in [3.8, 4) is 0 Å². The second-order valence-corrected chi connectivity index (χ2v) is 6.49. The van der Waals surface area contributed by atoms with Gasteiger partial charge in [0.2, 0.25) is 11.7 Å². The first-order valence-electron chi connectivity index (χ1n) is 8.96. The van der Waals surface area contributed by atoms with Crippen LogP contribution in [-0.4, -0.2) is 39.7 Å². The van der Waals surface area contributed by atoms with Crippen LogP contribution in [0.3, 0.4) is 0 Å². The predicted octanol–water partition coefficient (Wildman–Crippen LogP) is 2.82. The summed E-state index contributed by atoms with van der Waals surface area (Å²) in [5.74, 6) is 1.29. The van der Waals surface area contributed by atoms with Crippen molar-refractivity contribution in [3.05, 3.63) is 77.7 Å². The third-order valence-electron chi connectivity index (χ3n) is 4.52. The lowest BCUT2D eigenvalue weighted by Gasteiger charge is -2.31. The van der Waals surface area contributed by atoms with Crippen LogP contribution in [0.2, 0.25) is 0 Å². The number of morpholine rings is 1. The van der Waals surface area contributed by atoms with Crippen LogP contribution < -0.4 is 0 Å². The summed E-state index contributed by atoms with van der Waals surface area (Å²) in [6, 6.07) is 14.5. The van der Waals surface area contributed by atoms with Gasteiger partial charge in [-0.15, -0.1) is 0 Å². The molecule has 2 aromatic heterocycles. The smallest absolute Gasteiger partial charge is 0.227 e. The van der Waals surface area contributed by atoms with Crippen molar-refractivity contribution >= 4 is 0 Å². The van der Waals surface area contributed by atoms with Gasteiger partial charge in [0.1, 0.15) is 6.10 Å². The molecule has 0 radical (unpaired) electrons. The Balaban J connectivity index is 1.34. The van der Waals surface area contributed by atoms with Gasteiger partial charge in [-0.25, -0.2) is 0 Å².